The van der Waals surface area contributed by atoms with Gasteiger partial charge >= 0.3 is 12.1 Å². The van der Waals surface area contributed by atoms with E-state index in [4.69, 9.17) is 0 Å². The van der Waals surface area contributed by atoms with E-state index < -0.39 is 0 Å². The molecule has 3 aliphatic rings. The van der Waals surface area contributed by atoms with E-state index >= 15 is 0 Å². The highest BCUT2D eigenvalue weighted by Crippen LogP contribution is 2.20. The van der Waals surface area contributed by atoms with Gasteiger partial charge in [0.15, 0.2) is 0 Å². The molecule has 3 aliphatic heterocycles. The van der Waals surface area contributed by atoms with Gasteiger partial charge in [0.1, 0.15) is 0 Å². The smallest absolute Gasteiger partial charge is 0.328 e. The van der Waals surface area contributed by atoms with Gasteiger partial charge in [0.2, 0.25) is 29.9 Å². The first kappa shape index (κ1) is 48.7. The summed E-state index contributed by atoms with van der Waals surface area (Å²) < 4.78 is 0. The lowest BCUT2D eigenvalue weighted by Gasteiger charge is -2.19. The van der Waals surface area contributed by atoms with E-state index in [0.29, 0.717) is 55.1 Å². The molecule has 7 rings (SSSR count). The van der Waals surface area contributed by atoms with Crippen molar-refractivity contribution >= 4 is 64.7 Å². The highest BCUT2D eigenvalue weighted by Gasteiger charge is 2.24. The van der Waals surface area contributed by atoms with Crippen LogP contribution >= 0.6 is 0 Å². The van der Waals surface area contributed by atoms with Gasteiger partial charge in [-0.05, 0) is 122 Å². The first-order valence-corrected chi connectivity index (χ1v) is 21.2. The summed E-state index contributed by atoms with van der Waals surface area (Å²) >= 11 is 0. The lowest BCUT2D eigenvalue weighted by molar-refractivity contribution is -0.128. The number of aliphatic imine (C=N–C) groups is 2. The van der Waals surface area contributed by atoms with E-state index in [-0.39, 0.29) is 37.2 Å². The highest BCUT2D eigenvalue weighted by molar-refractivity contribution is 6.02. The number of benzene rings is 4. The Morgan fingerprint density at radius 3 is 1.27 bits per heavy atom. The van der Waals surface area contributed by atoms with Gasteiger partial charge in [-0.1, -0.05) is 75.2 Å². The van der Waals surface area contributed by atoms with Gasteiger partial charge in [0.05, 0.1) is 11.4 Å². The Hall–Kier alpha value is -7.01. The summed E-state index contributed by atoms with van der Waals surface area (Å²) in [5.74, 6) is -0.00827. The fourth-order valence-corrected chi connectivity index (χ4v) is 7.05. The lowest BCUT2D eigenvalue weighted by Crippen LogP contribution is -2.39. The molecule has 0 aromatic heterocycles. The summed E-state index contributed by atoms with van der Waals surface area (Å²) in [6.45, 7) is 1.82. The van der Waals surface area contributed by atoms with Crippen molar-refractivity contribution in [1.29, 1.82) is 0 Å². The molecule has 0 radical (unpaired) electrons. The minimum absolute atomic E-state index is 0. The summed E-state index contributed by atoms with van der Waals surface area (Å²) in [6, 6.07) is 29.1. The number of nitrogens with zero attached hydrogens (tertiary/aromatic N) is 4. The zero-order valence-corrected chi connectivity index (χ0v) is 34.9. The SMILES string of the molecule is C.O=C1CCCCCN1.O=C1CCCCCN1C(=O)Nc1ccc(Cc2ccc(NC(=O)N3CCCCCC3=O)cc2)cc1.O=C=Nc1ccc(Cc2ccc(N=C=O)cc2)cc1. The van der Waals surface area contributed by atoms with Crippen molar-refractivity contribution in [2.24, 2.45) is 9.98 Å². The van der Waals surface area contributed by atoms with Crippen LogP contribution in [0.15, 0.2) is 107 Å². The molecule has 3 heterocycles. The van der Waals surface area contributed by atoms with Crippen LogP contribution in [0.25, 0.3) is 0 Å². The number of carbonyl (C=O) groups is 5. The molecule has 4 aromatic rings. The Morgan fingerprint density at radius 2 is 0.873 bits per heavy atom. The number of rotatable bonds is 8. The maximum Gasteiger partial charge on any atom is 0.328 e. The summed E-state index contributed by atoms with van der Waals surface area (Å²) in [5, 5.41) is 8.44. The molecule has 330 valence electrons. The van der Waals surface area contributed by atoms with Crippen LogP contribution in [0.3, 0.4) is 0 Å². The van der Waals surface area contributed by atoms with Crippen LogP contribution in [-0.2, 0) is 36.8 Å². The van der Waals surface area contributed by atoms with Crippen LogP contribution in [0.5, 0.6) is 0 Å². The Balaban J connectivity index is 0.000000258. The molecule has 3 saturated heterocycles. The molecule has 7 amide bonds. The van der Waals surface area contributed by atoms with Gasteiger partial charge in [0.25, 0.3) is 0 Å². The maximum atomic E-state index is 12.5. The van der Waals surface area contributed by atoms with Crippen LogP contribution < -0.4 is 16.0 Å². The third-order valence-corrected chi connectivity index (χ3v) is 10.5. The largest absolute Gasteiger partial charge is 0.356 e. The highest BCUT2D eigenvalue weighted by atomic mass is 16.2. The topological polar surface area (TPSA) is 187 Å². The van der Waals surface area contributed by atoms with Crippen LogP contribution in [0.1, 0.15) is 107 Å². The van der Waals surface area contributed by atoms with Crippen molar-refractivity contribution in [3.8, 4) is 0 Å². The lowest BCUT2D eigenvalue weighted by atomic mass is 10.0. The molecule has 4 aromatic carbocycles. The number of hydrogen-bond donors (Lipinski definition) is 3. The molecule has 0 unspecified atom stereocenters. The molecule has 0 aliphatic carbocycles. The summed E-state index contributed by atoms with van der Waals surface area (Å²) in [4.78, 5) is 89.7. The van der Waals surface area contributed by atoms with Gasteiger partial charge in [-0.25, -0.2) is 19.2 Å². The van der Waals surface area contributed by atoms with Crippen molar-refractivity contribution in [2.45, 2.75) is 97.3 Å². The van der Waals surface area contributed by atoms with Crippen LogP contribution in [0.2, 0.25) is 0 Å². The molecule has 0 saturated carbocycles. The maximum absolute atomic E-state index is 12.5. The molecule has 3 N–H and O–H groups in total. The molecule has 3 fully saturated rings. The zero-order chi connectivity index (χ0) is 43.9. The number of carbonyl (C=O) groups excluding carboxylic acids is 7. The van der Waals surface area contributed by atoms with Crippen LogP contribution in [0.4, 0.5) is 32.3 Å². The van der Waals surface area contributed by atoms with E-state index in [0.717, 1.165) is 93.0 Å². The number of urea groups is 2. The molecular formula is C49H57N7O7. The number of isocyanates is 2. The summed E-state index contributed by atoms with van der Waals surface area (Å²) in [7, 11) is 0. The number of likely N-dealkylation sites (tertiary alicyclic amines) is 2. The van der Waals surface area contributed by atoms with Gasteiger partial charge in [-0.3, -0.25) is 24.2 Å². The van der Waals surface area contributed by atoms with E-state index in [9.17, 15) is 33.6 Å². The van der Waals surface area contributed by atoms with Crippen molar-refractivity contribution in [2.75, 3.05) is 30.3 Å². The third-order valence-electron chi connectivity index (χ3n) is 10.5. The predicted octanol–water partition coefficient (Wildman–Crippen LogP) is 9.67. The third kappa shape index (κ3) is 16.8. The molecule has 14 heteroatoms. The number of anilines is 2. The monoisotopic (exact) mass is 855 g/mol. The second-order valence-electron chi connectivity index (χ2n) is 15.2. The van der Waals surface area contributed by atoms with Crippen LogP contribution in [0, 0.1) is 0 Å². The van der Waals surface area contributed by atoms with E-state index in [1.54, 1.807) is 24.3 Å². The van der Waals surface area contributed by atoms with Crippen molar-refractivity contribution < 1.29 is 33.6 Å². The van der Waals surface area contributed by atoms with Gasteiger partial charge < -0.3 is 16.0 Å². The number of nitrogens with one attached hydrogen (secondary N) is 3. The minimum atomic E-state index is -0.371. The Bertz CT molecular complexity index is 2060. The fraction of sp³-hybridized carbons (Fsp3) is 0.367. The van der Waals surface area contributed by atoms with E-state index in [1.165, 1.54) is 28.4 Å². The Kier molecular flexibility index (Phi) is 20.4. The Morgan fingerprint density at radius 1 is 0.508 bits per heavy atom. The standard InChI is InChI=1S/C27H32N4O4.C15H10N2O2.C6H11NO.CH4/c32-24-7-3-1-5-17-30(24)26(34)28-22-13-9-20(10-14-22)19-21-11-15-23(16-12-21)29-27(35)31-18-6-2-4-8-25(31)33;18-10-16-14-5-1-12(2-6-14)9-13-3-7-15(8-4-13)17-11-19;8-6-4-2-1-3-5-7-6;/h9-16H,1-8,17-19H2,(H,28,34)(H,29,35);1-8H,9H2;1-5H2,(H,7,8);1H4. The van der Waals surface area contributed by atoms with Crippen molar-refractivity contribution in [3.63, 3.8) is 0 Å². The van der Waals surface area contributed by atoms with E-state index in [1.807, 2.05) is 72.8 Å². The van der Waals surface area contributed by atoms with Gasteiger partial charge in [-0.15, -0.1) is 0 Å². The quantitative estimate of drug-likeness (QED) is 0.116. The molecule has 0 spiro atoms. The normalized spacial score (nSPS) is 15.0. The first-order valence-electron chi connectivity index (χ1n) is 21.2. The van der Waals surface area contributed by atoms with Crippen molar-refractivity contribution in [1.82, 2.24) is 15.1 Å². The summed E-state index contributed by atoms with van der Waals surface area (Å²) in [5.41, 5.74) is 6.84. The molecule has 0 bridgehead atoms. The number of amides is 7. The minimum Gasteiger partial charge on any atom is -0.356 e. The Labute approximate surface area is 369 Å². The van der Waals surface area contributed by atoms with Crippen LogP contribution in [-0.4, -0.2) is 71.4 Å². The summed E-state index contributed by atoms with van der Waals surface area (Å²) in [6.07, 6.45) is 14.8. The number of hydrogen-bond acceptors (Lipinski definition) is 9. The second-order valence-corrected chi connectivity index (χ2v) is 15.2. The van der Waals surface area contributed by atoms with Gasteiger partial charge in [-0.2, -0.15) is 9.98 Å². The molecular weight excluding hydrogens is 799 g/mol. The average molecular weight is 856 g/mol. The zero-order valence-electron chi connectivity index (χ0n) is 34.9. The van der Waals surface area contributed by atoms with Crippen molar-refractivity contribution in [3.05, 3.63) is 119 Å². The molecule has 0 atom stereocenters. The fourth-order valence-electron chi connectivity index (χ4n) is 7.05. The molecule has 63 heavy (non-hydrogen) atoms. The average Bonchev–Trinajstić information content (AvgIpc) is 3.76. The number of imide groups is 2. The second kappa shape index (κ2) is 26.4. The predicted molar refractivity (Wildman–Crippen MR) is 244 cm³/mol. The first-order chi connectivity index (χ1) is 30.2. The van der Waals surface area contributed by atoms with Gasteiger partial charge in [0, 0.05) is 50.3 Å². The van der Waals surface area contributed by atoms with E-state index in [2.05, 4.69) is 25.9 Å². The molecule has 14 nitrogen and oxygen atoms in total.